The number of nitrogens with zero attached hydrogens (tertiary/aromatic N) is 1. The van der Waals surface area contributed by atoms with E-state index < -0.39 is 0 Å². The summed E-state index contributed by atoms with van der Waals surface area (Å²) < 4.78 is 1.60. The lowest BCUT2D eigenvalue weighted by atomic mass is 10.0. The Hall–Kier alpha value is -0.740. The number of rotatable bonds is 6. The highest BCUT2D eigenvalue weighted by atomic mass is 32.2. The first-order valence-corrected chi connectivity index (χ1v) is 8.83. The number of aromatic nitrogens is 1. The zero-order valence-electron chi connectivity index (χ0n) is 12.1. The summed E-state index contributed by atoms with van der Waals surface area (Å²) in [6.45, 7) is 7.64. The molecule has 0 fully saturated rings. The van der Waals surface area contributed by atoms with E-state index >= 15 is 0 Å². The normalized spacial score (nSPS) is 12.0. The van der Waals surface area contributed by atoms with Gasteiger partial charge in [0, 0.05) is 11.3 Å². The molecular weight excluding hydrogens is 272 g/mol. The summed E-state index contributed by atoms with van der Waals surface area (Å²) in [5, 5.41) is 4.59. The molecule has 0 saturated carbocycles. The molecule has 0 bridgehead atoms. The van der Waals surface area contributed by atoms with E-state index in [2.05, 4.69) is 50.5 Å². The number of nitrogens with one attached hydrogen (secondary N) is 1. The standard InChI is InChI=1S/C15H22N2S2/c1-5-15(6-2,18-4)10-16-14-17-13-11(3)8-7-9-12(13)19-14/h7-9H,5-6,10H2,1-4H3,(H,16,17). The van der Waals surface area contributed by atoms with E-state index in [-0.39, 0.29) is 0 Å². The molecule has 1 aromatic carbocycles. The summed E-state index contributed by atoms with van der Waals surface area (Å²) in [5.74, 6) is 0. The van der Waals surface area contributed by atoms with E-state index in [0.29, 0.717) is 4.75 Å². The third-order valence-corrected chi connectivity index (χ3v) is 6.47. The second-order valence-corrected chi connectivity index (χ2v) is 7.19. The molecule has 2 nitrogen and oxygen atoms in total. The zero-order chi connectivity index (χ0) is 13.9. The van der Waals surface area contributed by atoms with Crippen molar-refractivity contribution < 1.29 is 0 Å². The number of hydrogen-bond donors (Lipinski definition) is 1. The number of thioether (sulfide) groups is 1. The first-order chi connectivity index (χ1) is 9.14. The van der Waals surface area contributed by atoms with E-state index in [1.165, 1.54) is 23.1 Å². The molecule has 104 valence electrons. The van der Waals surface area contributed by atoms with Crippen LogP contribution in [0.25, 0.3) is 10.2 Å². The Morgan fingerprint density at radius 3 is 2.63 bits per heavy atom. The van der Waals surface area contributed by atoms with Gasteiger partial charge in [0.25, 0.3) is 0 Å². The van der Waals surface area contributed by atoms with Crippen LogP contribution in [0.4, 0.5) is 5.13 Å². The summed E-state index contributed by atoms with van der Waals surface area (Å²) in [7, 11) is 0. The van der Waals surface area contributed by atoms with E-state index in [1.54, 1.807) is 11.3 Å². The van der Waals surface area contributed by atoms with Gasteiger partial charge in [0.2, 0.25) is 0 Å². The molecule has 0 aliphatic carbocycles. The molecule has 4 heteroatoms. The van der Waals surface area contributed by atoms with Gasteiger partial charge in [-0.2, -0.15) is 11.8 Å². The van der Waals surface area contributed by atoms with Crippen LogP contribution in [0.3, 0.4) is 0 Å². The lowest BCUT2D eigenvalue weighted by Crippen LogP contribution is -2.31. The van der Waals surface area contributed by atoms with Gasteiger partial charge in [-0.15, -0.1) is 0 Å². The molecule has 0 saturated heterocycles. The molecule has 0 amide bonds. The van der Waals surface area contributed by atoms with Crippen molar-refractivity contribution in [1.82, 2.24) is 4.98 Å². The van der Waals surface area contributed by atoms with Gasteiger partial charge in [0.05, 0.1) is 10.2 Å². The molecule has 19 heavy (non-hydrogen) atoms. The number of benzene rings is 1. The SMILES string of the molecule is CCC(CC)(CNc1nc2c(C)cccc2s1)SC. The van der Waals surface area contributed by atoms with Crippen LogP contribution in [-0.4, -0.2) is 22.5 Å². The number of anilines is 1. The Morgan fingerprint density at radius 1 is 1.32 bits per heavy atom. The van der Waals surface area contributed by atoms with Crippen molar-refractivity contribution in [3.63, 3.8) is 0 Å². The average Bonchev–Trinajstić information content (AvgIpc) is 2.86. The fraction of sp³-hybridized carbons (Fsp3) is 0.533. The Kier molecular flexibility index (Phi) is 4.74. The topological polar surface area (TPSA) is 24.9 Å². The highest BCUT2D eigenvalue weighted by Gasteiger charge is 2.24. The van der Waals surface area contributed by atoms with Gasteiger partial charge in [-0.25, -0.2) is 4.98 Å². The van der Waals surface area contributed by atoms with Crippen LogP contribution >= 0.6 is 23.1 Å². The molecular formula is C15H22N2S2. The highest BCUT2D eigenvalue weighted by Crippen LogP contribution is 2.33. The molecule has 0 aliphatic heterocycles. The second-order valence-electron chi connectivity index (χ2n) is 4.89. The van der Waals surface area contributed by atoms with Crippen LogP contribution in [0.2, 0.25) is 0 Å². The number of aryl methyl sites for hydroxylation is 1. The van der Waals surface area contributed by atoms with Crippen LogP contribution in [-0.2, 0) is 0 Å². The minimum absolute atomic E-state index is 0.326. The highest BCUT2D eigenvalue weighted by molar-refractivity contribution is 8.00. The molecule has 0 unspecified atom stereocenters. The second kappa shape index (κ2) is 6.14. The predicted molar refractivity (Wildman–Crippen MR) is 89.7 cm³/mol. The predicted octanol–water partition coefficient (Wildman–Crippen LogP) is 4.94. The molecule has 0 atom stereocenters. The van der Waals surface area contributed by atoms with Gasteiger partial charge in [-0.05, 0) is 37.7 Å². The van der Waals surface area contributed by atoms with Crippen molar-refractivity contribution >= 4 is 38.4 Å². The quantitative estimate of drug-likeness (QED) is 0.817. The molecule has 2 rings (SSSR count). The Morgan fingerprint density at radius 2 is 2.05 bits per heavy atom. The Balaban J connectivity index is 2.16. The Labute approximate surface area is 124 Å². The number of hydrogen-bond acceptors (Lipinski definition) is 4. The maximum absolute atomic E-state index is 4.72. The number of para-hydroxylation sites is 1. The summed E-state index contributed by atoms with van der Waals surface area (Å²) in [6.07, 6.45) is 4.57. The van der Waals surface area contributed by atoms with E-state index in [1.807, 2.05) is 11.8 Å². The van der Waals surface area contributed by atoms with Gasteiger partial charge < -0.3 is 5.32 Å². The van der Waals surface area contributed by atoms with Crippen LogP contribution in [0.1, 0.15) is 32.3 Å². The lowest BCUT2D eigenvalue weighted by molar-refractivity contribution is 0.574. The zero-order valence-corrected chi connectivity index (χ0v) is 13.8. The van der Waals surface area contributed by atoms with Crippen molar-refractivity contribution in [2.45, 2.75) is 38.4 Å². The molecule has 0 spiro atoms. The van der Waals surface area contributed by atoms with Crippen molar-refractivity contribution in [3.8, 4) is 0 Å². The van der Waals surface area contributed by atoms with Crippen LogP contribution in [0.15, 0.2) is 18.2 Å². The first kappa shape index (κ1) is 14.7. The third kappa shape index (κ3) is 3.06. The van der Waals surface area contributed by atoms with Crippen LogP contribution in [0.5, 0.6) is 0 Å². The number of fused-ring (bicyclic) bond motifs is 1. The average molecular weight is 294 g/mol. The maximum Gasteiger partial charge on any atom is 0.183 e. The van der Waals surface area contributed by atoms with Crippen LogP contribution < -0.4 is 5.32 Å². The van der Waals surface area contributed by atoms with Gasteiger partial charge in [-0.3, -0.25) is 0 Å². The largest absolute Gasteiger partial charge is 0.360 e. The third-order valence-electron chi connectivity index (χ3n) is 3.90. The fourth-order valence-corrected chi connectivity index (χ4v) is 3.99. The number of thiazole rings is 1. The fourth-order valence-electron chi connectivity index (χ4n) is 2.26. The summed E-state index contributed by atoms with van der Waals surface area (Å²) in [4.78, 5) is 4.72. The van der Waals surface area contributed by atoms with Gasteiger partial charge in [-0.1, -0.05) is 37.3 Å². The first-order valence-electron chi connectivity index (χ1n) is 6.79. The minimum atomic E-state index is 0.326. The van der Waals surface area contributed by atoms with Crippen molar-refractivity contribution in [2.24, 2.45) is 0 Å². The van der Waals surface area contributed by atoms with E-state index in [0.717, 1.165) is 17.2 Å². The maximum atomic E-state index is 4.72. The molecule has 1 aromatic heterocycles. The van der Waals surface area contributed by atoms with E-state index in [4.69, 9.17) is 4.98 Å². The molecule has 0 radical (unpaired) electrons. The molecule has 1 N–H and O–H groups in total. The Bertz CT molecular complexity index is 536. The summed E-state index contributed by atoms with van der Waals surface area (Å²) >= 11 is 3.71. The lowest BCUT2D eigenvalue weighted by Gasteiger charge is -2.29. The van der Waals surface area contributed by atoms with Gasteiger partial charge >= 0.3 is 0 Å². The molecule has 2 aromatic rings. The van der Waals surface area contributed by atoms with Crippen molar-refractivity contribution in [3.05, 3.63) is 23.8 Å². The van der Waals surface area contributed by atoms with Gasteiger partial charge in [0.15, 0.2) is 5.13 Å². The van der Waals surface area contributed by atoms with Gasteiger partial charge in [0.1, 0.15) is 0 Å². The summed E-state index contributed by atoms with van der Waals surface area (Å²) in [5.41, 5.74) is 2.39. The monoisotopic (exact) mass is 294 g/mol. The smallest absolute Gasteiger partial charge is 0.183 e. The molecule has 0 aliphatic rings. The molecule has 1 heterocycles. The van der Waals surface area contributed by atoms with Crippen molar-refractivity contribution in [1.29, 1.82) is 0 Å². The summed E-state index contributed by atoms with van der Waals surface area (Å²) in [6, 6.07) is 6.37. The minimum Gasteiger partial charge on any atom is -0.360 e. The van der Waals surface area contributed by atoms with Crippen molar-refractivity contribution in [2.75, 3.05) is 18.1 Å². The van der Waals surface area contributed by atoms with Crippen LogP contribution in [0, 0.1) is 6.92 Å². The van der Waals surface area contributed by atoms with E-state index in [9.17, 15) is 0 Å².